The van der Waals surface area contributed by atoms with Gasteiger partial charge in [0.25, 0.3) is 0 Å². The zero-order valence-electron chi connectivity index (χ0n) is 9.25. The molecule has 18 heavy (non-hydrogen) atoms. The minimum atomic E-state index is -1.43. The average molecular weight is 261 g/mol. The zero-order valence-corrected chi connectivity index (χ0v) is 10.1. The summed E-state index contributed by atoms with van der Waals surface area (Å²) in [7, 11) is -1.43. The second kappa shape index (κ2) is 4.03. The Balaban J connectivity index is 2.13. The lowest BCUT2D eigenvalue weighted by molar-refractivity contribution is -0.132. The molecule has 0 aromatic heterocycles. The fraction of sp³-hybridized carbons (Fsp3) is 0.0769. The number of fused-ring (bicyclic) bond motifs is 2. The molecule has 0 saturated heterocycles. The molecule has 0 spiro atoms. The van der Waals surface area contributed by atoms with Gasteiger partial charge in [-0.3, -0.25) is 0 Å². The molecule has 0 saturated carbocycles. The maximum absolute atomic E-state index is 12.0. The Kier molecular flexibility index (Phi) is 2.48. The van der Waals surface area contributed by atoms with Crippen LogP contribution in [0.15, 0.2) is 47.1 Å². The van der Waals surface area contributed by atoms with E-state index < -0.39 is 16.4 Å². The van der Waals surface area contributed by atoms with Gasteiger partial charge in [0, 0.05) is 5.57 Å². The van der Waals surface area contributed by atoms with E-state index in [0.29, 0.717) is 22.8 Å². The second-order valence-electron chi connectivity index (χ2n) is 3.99. The molecule has 1 N–H and O–H groups in total. The van der Waals surface area contributed by atoms with Gasteiger partial charge in [0.2, 0.25) is 0 Å². The SMILES string of the molecule is O=C(O)C1=C[S-](=O)=C2Cc3ccccc3OC2=C1. The molecule has 0 aliphatic carbocycles. The third kappa shape index (κ3) is 1.73. The Morgan fingerprint density at radius 2 is 2.11 bits per heavy atom. The molecule has 0 amide bonds. The van der Waals surface area contributed by atoms with E-state index in [0.717, 1.165) is 5.56 Å². The van der Waals surface area contributed by atoms with Gasteiger partial charge in [-0.2, -0.15) is 0 Å². The highest BCUT2D eigenvalue weighted by atomic mass is 32.2. The number of para-hydroxylation sites is 1. The standard InChI is InChI=1S/C13H9O4S/c14-13(15)9-5-11-12(18(16)7-9)6-8-3-1-2-4-10(8)17-11/h1-5,7H,6H2,(H,14,15)/q-1. The van der Waals surface area contributed by atoms with Crippen LogP contribution in [0.25, 0.3) is 0 Å². The van der Waals surface area contributed by atoms with Crippen LogP contribution >= 0.6 is 0 Å². The van der Waals surface area contributed by atoms with Gasteiger partial charge in [0.15, 0.2) is 0 Å². The molecule has 1 aromatic rings. The summed E-state index contributed by atoms with van der Waals surface area (Å²) in [6, 6.07) is 7.46. The van der Waals surface area contributed by atoms with Crippen LogP contribution in [0.2, 0.25) is 0 Å². The molecular weight excluding hydrogens is 252 g/mol. The van der Waals surface area contributed by atoms with Crippen molar-refractivity contribution in [2.45, 2.75) is 6.42 Å². The summed E-state index contributed by atoms with van der Waals surface area (Å²) in [5.41, 5.74) is 0.969. The highest BCUT2D eigenvalue weighted by molar-refractivity contribution is 7.88. The number of aliphatic carboxylic acids is 1. The van der Waals surface area contributed by atoms with E-state index in [9.17, 15) is 9.00 Å². The van der Waals surface area contributed by atoms with Crippen LogP contribution < -0.4 is 4.74 Å². The summed E-state index contributed by atoms with van der Waals surface area (Å²) >= 11 is 0. The lowest BCUT2D eigenvalue weighted by atomic mass is 10.0. The van der Waals surface area contributed by atoms with Gasteiger partial charge >= 0.3 is 5.97 Å². The first-order valence-electron chi connectivity index (χ1n) is 5.34. The second-order valence-corrected chi connectivity index (χ2v) is 5.32. The molecule has 5 heteroatoms. The van der Waals surface area contributed by atoms with Crippen molar-refractivity contribution in [3.63, 3.8) is 0 Å². The van der Waals surface area contributed by atoms with Crippen molar-refractivity contribution in [3.05, 3.63) is 52.6 Å². The van der Waals surface area contributed by atoms with Gasteiger partial charge in [0.05, 0.1) is 0 Å². The van der Waals surface area contributed by atoms with Crippen LogP contribution in [0.3, 0.4) is 0 Å². The number of benzene rings is 1. The van der Waals surface area contributed by atoms with Gasteiger partial charge in [-0.25, -0.2) is 15.2 Å². The monoisotopic (exact) mass is 261 g/mol. The maximum Gasteiger partial charge on any atom is 0.333 e. The summed E-state index contributed by atoms with van der Waals surface area (Å²) in [4.78, 5) is 11.5. The third-order valence-electron chi connectivity index (χ3n) is 2.83. The van der Waals surface area contributed by atoms with Gasteiger partial charge in [-0.15, -0.1) is 5.41 Å². The largest absolute Gasteiger partial charge is 0.478 e. The Morgan fingerprint density at radius 1 is 1.33 bits per heavy atom. The summed E-state index contributed by atoms with van der Waals surface area (Å²) in [5.74, 6) is -0.0135. The van der Waals surface area contributed by atoms with E-state index in [4.69, 9.17) is 9.84 Å². The molecule has 0 unspecified atom stereocenters. The number of hydrogen-bond donors (Lipinski definition) is 1. The maximum atomic E-state index is 12.0. The van der Waals surface area contributed by atoms with Gasteiger partial charge in [-0.05, 0) is 24.1 Å². The van der Waals surface area contributed by atoms with Crippen molar-refractivity contribution >= 4 is 21.2 Å². The molecule has 0 bridgehead atoms. The van der Waals surface area contributed by atoms with Gasteiger partial charge in [0.1, 0.15) is 11.5 Å². The molecule has 1 aromatic carbocycles. The molecule has 2 heterocycles. The highest BCUT2D eigenvalue weighted by Crippen LogP contribution is 2.29. The predicted molar refractivity (Wildman–Crippen MR) is 67.6 cm³/mol. The Labute approximate surface area is 105 Å². The molecule has 3 rings (SSSR count). The molecule has 0 radical (unpaired) electrons. The van der Waals surface area contributed by atoms with Crippen molar-refractivity contribution in [1.82, 2.24) is 0 Å². The summed E-state index contributed by atoms with van der Waals surface area (Å²) in [6.07, 6.45) is 1.95. The lowest BCUT2D eigenvalue weighted by Crippen LogP contribution is -2.23. The topological polar surface area (TPSA) is 63.6 Å². The van der Waals surface area contributed by atoms with E-state index in [1.54, 1.807) is 0 Å². The van der Waals surface area contributed by atoms with E-state index in [2.05, 4.69) is 0 Å². The van der Waals surface area contributed by atoms with E-state index in [-0.39, 0.29) is 5.57 Å². The first kappa shape index (κ1) is 11.1. The quantitative estimate of drug-likeness (QED) is 0.616. The van der Waals surface area contributed by atoms with Crippen molar-refractivity contribution < 1.29 is 18.8 Å². The number of carbonyl (C=O) groups is 1. The van der Waals surface area contributed by atoms with Gasteiger partial charge < -0.3 is 14.1 Å². The van der Waals surface area contributed by atoms with Crippen LogP contribution in [-0.2, 0) is 25.8 Å². The molecular formula is C13H9O4S-. The number of ether oxygens (including phenoxy) is 1. The molecule has 4 nitrogen and oxygen atoms in total. The number of rotatable bonds is 1. The van der Waals surface area contributed by atoms with Crippen LogP contribution in [0.5, 0.6) is 5.75 Å². The van der Waals surface area contributed by atoms with Crippen molar-refractivity contribution in [2.24, 2.45) is 0 Å². The van der Waals surface area contributed by atoms with Crippen molar-refractivity contribution in [2.75, 3.05) is 0 Å². The summed E-state index contributed by atoms with van der Waals surface area (Å²) in [5, 5.41) is 10.2. The summed E-state index contributed by atoms with van der Waals surface area (Å²) < 4.78 is 17.6. The zero-order chi connectivity index (χ0) is 12.7. The lowest BCUT2D eigenvalue weighted by Gasteiger charge is -2.28. The molecule has 0 fully saturated rings. The minimum absolute atomic E-state index is 0.00599. The van der Waals surface area contributed by atoms with Crippen LogP contribution in [0.1, 0.15) is 5.56 Å². The van der Waals surface area contributed by atoms with Crippen LogP contribution in [-0.4, -0.2) is 15.9 Å². The fourth-order valence-corrected chi connectivity index (χ4v) is 3.08. The van der Waals surface area contributed by atoms with E-state index >= 15 is 0 Å². The van der Waals surface area contributed by atoms with Crippen LogP contribution in [0, 0.1) is 0 Å². The molecule has 92 valence electrons. The molecule has 0 atom stereocenters. The van der Waals surface area contributed by atoms with E-state index in [1.807, 2.05) is 24.3 Å². The first-order valence-corrected chi connectivity index (χ1v) is 6.56. The Morgan fingerprint density at radius 3 is 2.89 bits per heavy atom. The summed E-state index contributed by atoms with van der Waals surface area (Å²) in [6.45, 7) is 0. The Hall–Kier alpha value is -2.01. The number of hydrogen-bond acceptors (Lipinski definition) is 4. The average Bonchev–Trinajstić information content (AvgIpc) is 2.36. The Bertz CT molecular complexity index is 691. The predicted octanol–water partition coefficient (Wildman–Crippen LogP) is 1.62. The third-order valence-corrected chi connectivity index (χ3v) is 4.13. The van der Waals surface area contributed by atoms with E-state index in [1.165, 1.54) is 11.5 Å². The fourth-order valence-electron chi connectivity index (χ4n) is 1.94. The van der Waals surface area contributed by atoms with Crippen LogP contribution in [0.4, 0.5) is 0 Å². The smallest absolute Gasteiger partial charge is 0.333 e. The minimum Gasteiger partial charge on any atom is -0.478 e. The molecule has 2 aliphatic heterocycles. The number of allylic oxidation sites excluding steroid dienone is 1. The first-order chi connectivity index (χ1) is 8.65. The van der Waals surface area contributed by atoms with Gasteiger partial charge in [-0.1, -0.05) is 23.1 Å². The van der Waals surface area contributed by atoms with Crippen molar-refractivity contribution in [3.8, 4) is 5.75 Å². The number of carboxylic acids is 1. The number of carboxylic acid groups (broad SMARTS) is 1. The van der Waals surface area contributed by atoms with Crippen molar-refractivity contribution in [1.29, 1.82) is 0 Å². The normalized spacial score (nSPS) is 18.1. The highest BCUT2D eigenvalue weighted by Gasteiger charge is 2.19. The molecule has 2 aliphatic rings.